The number of hydrazine groups is 1. The lowest BCUT2D eigenvalue weighted by molar-refractivity contribution is -0.184. The molecule has 0 saturated carbocycles. The second-order valence-corrected chi connectivity index (χ2v) is 4.50. The SMILES string of the molecule is NNc1ccc([C@H](N2CCC(O)C2)C(F)(F)F)cn1. The van der Waals surface area contributed by atoms with Crippen LogP contribution in [0.2, 0.25) is 0 Å². The van der Waals surface area contributed by atoms with Gasteiger partial charge in [-0.05, 0) is 18.1 Å². The average Bonchev–Trinajstić information content (AvgIpc) is 2.75. The molecule has 19 heavy (non-hydrogen) atoms. The Morgan fingerprint density at radius 1 is 1.47 bits per heavy atom. The van der Waals surface area contributed by atoms with Crippen LogP contribution >= 0.6 is 0 Å². The van der Waals surface area contributed by atoms with Crippen molar-refractivity contribution >= 4 is 5.82 Å². The number of likely N-dealkylation sites (tertiary alicyclic amines) is 1. The van der Waals surface area contributed by atoms with Crippen LogP contribution in [0.25, 0.3) is 0 Å². The summed E-state index contributed by atoms with van der Waals surface area (Å²) in [6, 6.07) is 0.981. The van der Waals surface area contributed by atoms with Crippen molar-refractivity contribution in [2.45, 2.75) is 24.7 Å². The van der Waals surface area contributed by atoms with Crippen molar-refractivity contribution in [2.75, 3.05) is 18.5 Å². The Morgan fingerprint density at radius 3 is 2.63 bits per heavy atom. The molecule has 2 heterocycles. The third-order valence-corrected chi connectivity index (χ3v) is 3.12. The van der Waals surface area contributed by atoms with Gasteiger partial charge < -0.3 is 10.5 Å². The van der Waals surface area contributed by atoms with Crippen molar-refractivity contribution in [1.82, 2.24) is 9.88 Å². The van der Waals surface area contributed by atoms with E-state index < -0.39 is 18.3 Å². The highest BCUT2D eigenvalue weighted by atomic mass is 19.4. The van der Waals surface area contributed by atoms with Crippen molar-refractivity contribution in [3.05, 3.63) is 23.9 Å². The van der Waals surface area contributed by atoms with Crippen LogP contribution in [0.4, 0.5) is 19.0 Å². The first-order valence-electron chi connectivity index (χ1n) is 5.83. The number of rotatable bonds is 3. The maximum absolute atomic E-state index is 13.2. The van der Waals surface area contributed by atoms with Gasteiger partial charge in [-0.1, -0.05) is 6.07 Å². The number of aliphatic hydroxyl groups excluding tert-OH is 1. The van der Waals surface area contributed by atoms with E-state index in [1.807, 2.05) is 0 Å². The summed E-state index contributed by atoms with van der Waals surface area (Å²) in [6.45, 7) is 0.225. The zero-order valence-corrected chi connectivity index (χ0v) is 10.1. The van der Waals surface area contributed by atoms with Crippen LogP contribution < -0.4 is 11.3 Å². The van der Waals surface area contributed by atoms with Gasteiger partial charge in [0.1, 0.15) is 11.9 Å². The summed E-state index contributed by atoms with van der Waals surface area (Å²) in [5.74, 6) is 5.42. The third kappa shape index (κ3) is 3.14. The molecule has 1 unspecified atom stereocenters. The molecule has 2 rings (SSSR count). The Bertz CT molecular complexity index is 423. The minimum absolute atomic E-state index is 0.0149. The van der Waals surface area contributed by atoms with Crippen LogP contribution in [0, 0.1) is 0 Å². The summed E-state index contributed by atoms with van der Waals surface area (Å²) < 4.78 is 39.5. The molecular formula is C11H15F3N4O. The number of nitrogen functional groups attached to an aromatic ring is 1. The topological polar surface area (TPSA) is 74.4 Å². The van der Waals surface area contributed by atoms with E-state index in [2.05, 4.69) is 10.4 Å². The highest BCUT2D eigenvalue weighted by molar-refractivity contribution is 5.35. The van der Waals surface area contributed by atoms with Crippen molar-refractivity contribution < 1.29 is 18.3 Å². The van der Waals surface area contributed by atoms with Gasteiger partial charge in [0.05, 0.1) is 6.10 Å². The second-order valence-electron chi connectivity index (χ2n) is 4.50. The molecule has 1 saturated heterocycles. The molecule has 2 atom stereocenters. The minimum atomic E-state index is -4.41. The Balaban J connectivity index is 2.26. The molecule has 1 aromatic heterocycles. The van der Waals surface area contributed by atoms with Crippen molar-refractivity contribution in [2.24, 2.45) is 5.84 Å². The van der Waals surface area contributed by atoms with Crippen molar-refractivity contribution in [3.8, 4) is 0 Å². The maximum atomic E-state index is 13.2. The Kier molecular flexibility index (Phi) is 3.93. The molecule has 1 aliphatic rings. The average molecular weight is 276 g/mol. The molecule has 0 radical (unpaired) electrons. The summed E-state index contributed by atoms with van der Waals surface area (Å²) in [6.07, 6.45) is -3.62. The fourth-order valence-corrected chi connectivity index (χ4v) is 2.26. The van der Waals surface area contributed by atoms with E-state index in [0.29, 0.717) is 12.2 Å². The molecule has 4 N–H and O–H groups in total. The Labute approximate surface area is 108 Å². The van der Waals surface area contributed by atoms with Gasteiger partial charge in [-0.2, -0.15) is 13.2 Å². The monoisotopic (exact) mass is 276 g/mol. The molecule has 0 amide bonds. The number of aliphatic hydroxyl groups is 1. The summed E-state index contributed by atoms with van der Waals surface area (Å²) >= 11 is 0. The molecule has 0 spiro atoms. The van der Waals surface area contributed by atoms with E-state index in [1.165, 1.54) is 17.0 Å². The molecule has 1 aliphatic heterocycles. The number of hydrogen-bond acceptors (Lipinski definition) is 5. The van der Waals surface area contributed by atoms with E-state index in [9.17, 15) is 18.3 Å². The number of halogens is 3. The van der Waals surface area contributed by atoms with Crippen LogP contribution in [0.5, 0.6) is 0 Å². The van der Waals surface area contributed by atoms with Crippen LogP contribution in [0.3, 0.4) is 0 Å². The van der Waals surface area contributed by atoms with Gasteiger partial charge in [-0.15, -0.1) is 0 Å². The molecule has 0 aromatic carbocycles. The van der Waals surface area contributed by atoms with E-state index in [4.69, 9.17) is 5.84 Å². The van der Waals surface area contributed by atoms with Crippen LogP contribution in [0.1, 0.15) is 18.0 Å². The largest absolute Gasteiger partial charge is 0.408 e. The molecular weight excluding hydrogens is 261 g/mol. The number of nitrogens with two attached hydrogens (primary N) is 1. The quantitative estimate of drug-likeness (QED) is 0.568. The molecule has 0 aliphatic carbocycles. The molecule has 106 valence electrons. The summed E-state index contributed by atoms with van der Waals surface area (Å²) in [4.78, 5) is 5.02. The van der Waals surface area contributed by atoms with Gasteiger partial charge in [-0.3, -0.25) is 4.90 Å². The predicted molar refractivity (Wildman–Crippen MR) is 63.0 cm³/mol. The number of aromatic nitrogens is 1. The van der Waals surface area contributed by atoms with Gasteiger partial charge in [0.15, 0.2) is 0 Å². The maximum Gasteiger partial charge on any atom is 0.408 e. The molecule has 1 aromatic rings. The minimum Gasteiger partial charge on any atom is -0.392 e. The highest BCUT2D eigenvalue weighted by Crippen LogP contribution is 2.39. The number of nitrogens with zero attached hydrogens (tertiary/aromatic N) is 2. The van der Waals surface area contributed by atoms with Crippen LogP contribution in [0.15, 0.2) is 18.3 Å². The Hall–Kier alpha value is -1.38. The standard InChI is InChI=1S/C11H15F3N4O/c12-11(13,14)10(18-4-3-8(19)6-18)7-1-2-9(17-15)16-5-7/h1-2,5,8,10,19H,3-4,6,15H2,(H,16,17)/t8?,10-/m0/s1. The Morgan fingerprint density at radius 2 is 2.21 bits per heavy atom. The number of β-amino-alcohol motifs (C(OH)–C–C–N with tert-alkyl or cyclic N) is 1. The van der Waals surface area contributed by atoms with Crippen LogP contribution in [-0.4, -0.2) is 40.4 Å². The van der Waals surface area contributed by atoms with E-state index >= 15 is 0 Å². The molecule has 5 nitrogen and oxygen atoms in total. The van der Waals surface area contributed by atoms with Gasteiger partial charge in [0.25, 0.3) is 0 Å². The van der Waals surface area contributed by atoms with Crippen molar-refractivity contribution in [1.29, 1.82) is 0 Å². The lowest BCUT2D eigenvalue weighted by atomic mass is 10.1. The second kappa shape index (κ2) is 5.32. The molecule has 1 fully saturated rings. The first kappa shape index (κ1) is 14.0. The third-order valence-electron chi connectivity index (χ3n) is 3.12. The predicted octanol–water partition coefficient (Wildman–Crippen LogP) is 1.04. The van der Waals surface area contributed by atoms with E-state index in [-0.39, 0.29) is 18.7 Å². The zero-order valence-electron chi connectivity index (χ0n) is 10.1. The smallest absolute Gasteiger partial charge is 0.392 e. The molecule has 8 heteroatoms. The van der Waals surface area contributed by atoms with Gasteiger partial charge in [0, 0.05) is 19.3 Å². The van der Waals surface area contributed by atoms with Gasteiger partial charge >= 0.3 is 6.18 Å². The van der Waals surface area contributed by atoms with Crippen LogP contribution in [-0.2, 0) is 0 Å². The first-order chi connectivity index (χ1) is 8.91. The lowest BCUT2D eigenvalue weighted by Crippen LogP contribution is -2.37. The first-order valence-corrected chi connectivity index (χ1v) is 5.83. The summed E-state index contributed by atoms with van der Waals surface area (Å²) in [7, 11) is 0. The normalized spacial score (nSPS) is 22.5. The lowest BCUT2D eigenvalue weighted by Gasteiger charge is -2.29. The van der Waals surface area contributed by atoms with E-state index in [1.54, 1.807) is 0 Å². The fourth-order valence-electron chi connectivity index (χ4n) is 2.26. The summed E-state index contributed by atoms with van der Waals surface area (Å²) in [5.41, 5.74) is 2.30. The zero-order chi connectivity index (χ0) is 14.0. The van der Waals surface area contributed by atoms with Gasteiger partial charge in [0.2, 0.25) is 0 Å². The van der Waals surface area contributed by atoms with Gasteiger partial charge in [-0.25, -0.2) is 10.8 Å². The number of nitrogens with one attached hydrogen (secondary N) is 1. The van der Waals surface area contributed by atoms with E-state index in [0.717, 1.165) is 6.20 Å². The number of anilines is 1. The summed E-state index contributed by atoms with van der Waals surface area (Å²) in [5, 5.41) is 9.39. The van der Waals surface area contributed by atoms with Crippen molar-refractivity contribution in [3.63, 3.8) is 0 Å². The number of alkyl halides is 3. The highest BCUT2D eigenvalue weighted by Gasteiger charge is 2.46. The fraction of sp³-hybridized carbons (Fsp3) is 0.545. The molecule has 0 bridgehead atoms. The number of pyridine rings is 1. The number of hydrogen-bond donors (Lipinski definition) is 3.